The molecule has 1 aromatic rings. The maximum Gasteiger partial charge on any atom is 0.333 e. The van der Waals surface area contributed by atoms with Crippen molar-refractivity contribution in [3.05, 3.63) is 22.6 Å². The Balaban J connectivity index is 2.32. The number of aromatic hydroxyl groups is 2. The fourth-order valence-electron chi connectivity index (χ4n) is 1.14. The summed E-state index contributed by atoms with van der Waals surface area (Å²) < 4.78 is 0.635. The second-order valence-corrected chi connectivity index (χ2v) is 3.22. The molecule has 0 amide bonds. The number of rotatable bonds is 6. The summed E-state index contributed by atoms with van der Waals surface area (Å²) in [5, 5.41) is 21.7. The molecule has 0 saturated carbocycles. The highest BCUT2D eigenvalue weighted by atomic mass is 16.7. The van der Waals surface area contributed by atoms with Gasteiger partial charge in [0.2, 0.25) is 11.8 Å². The van der Waals surface area contributed by atoms with E-state index in [9.17, 15) is 15.0 Å². The summed E-state index contributed by atoms with van der Waals surface area (Å²) in [6.45, 7) is 0.323. The lowest BCUT2D eigenvalue weighted by Gasteiger charge is -2.06. The third-order valence-corrected chi connectivity index (χ3v) is 1.94. The Morgan fingerprint density at radius 1 is 1.41 bits per heavy atom. The fourth-order valence-corrected chi connectivity index (χ4v) is 1.14. The van der Waals surface area contributed by atoms with Gasteiger partial charge in [0.1, 0.15) is 0 Å². The van der Waals surface area contributed by atoms with Crippen molar-refractivity contribution in [1.29, 1.82) is 0 Å². The highest BCUT2D eigenvalue weighted by molar-refractivity contribution is 5.69. The minimum absolute atomic E-state index is 0.109. The Morgan fingerprint density at radius 3 is 2.65 bits per heavy atom. The van der Waals surface area contributed by atoms with Gasteiger partial charge < -0.3 is 15.1 Å². The Labute approximate surface area is 96.6 Å². The fraction of sp³-hybridized carbons (Fsp3) is 0.444. The van der Waals surface area contributed by atoms with Crippen LogP contribution in [-0.4, -0.2) is 27.5 Å². The Hall–Kier alpha value is -2.34. The molecule has 0 radical (unpaired) electrons. The van der Waals surface area contributed by atoms with Crippen LogP contribution in [0.4, 0.5) is 0 Å². The van der Waals surface area contributed by atoms with Gasteiger partial charge in [-0.05, 0) is 18.4 Å². The highest BCUT2D eigenvalue weighted by Gasteiger charge is 2.11. The number of carbonyl (C=O) groups excluding carboxylic acids is 1. The molecule has 1 heterocycles. The van der Waals surface area contributed by atoms with Crippen LogP contribution in [0.5, 0.6) is 11.8 Å². The molecule has 1 rings (SSSR count). The molecule has 0 unspecified atom stereocenters. The average Bonchev–Trinajstić information content (AvgIpc) is 2.60. The van der Waals surface area contributed by atoms with E-state index in [1.165, 1.54) is 12.1 Å². The van der Waals surface area contributed by atoms with Crippen molar-refractivity contribution in [2.75, 3.05) is 6.54 Å². The van der Waals surface area contributed by atoms with Gasteiger partial charge in [0, 0.05) is 30.0 Å². The van der Waals surface area contributed by atoms with Crippen LogP contribution in [0.3, 0.4) is 0 Å². The second kappa shape index (κ2) is 6.29. The molecule has 17 heavy (non-hydrogen) atoms. The van der Waals surface area contributed by atoms with Gasteiger partial charge in [-0.2, -0.15) is 0 Å². The molecule has 0 aliphatic rings. The average molecular weight is 240 g/mol. The molecule has 0 aliphatic carbocycles. The molecule has 8 heteroatoms. The van der Waals surface area contributed by atoms with Gasteiger partial charge in [-0.25, -0.2) is 4.79 Å². The van der Waals surface area contributed by atoms with E-state index in [2.05, 4.69) is 10.0 Å². The molecule has 8 nitrogen and oxygen atoms in total. The molecule has 0 bridgehead atoms. The van der Waals surface area contributed by atoms with Gasteiger partial charge >= 0.3 is 5.97 Å². The quantitative estimate of drug-likeness (QED) is 0.337. The molecule has 0 aromatic carbocycles. The first-order chi connectivity index (χ1) is 8.15. The number of carbonyl (C=O) groups is 1. The van der Waals surface area contributed by atoms with E-state index in [1.54, 1.807) is 0 Å². The summed E-state index contributed by atoms with van der Waals surface area (Å²) >= 11 is 0. The van der Waals surface area contributed by atoms with Gasteiger partial charge in [0.15, 0.2) is 0 Å². The lowest BCUT2D eigenvalue weighted by molar-refractivity contribution is -0.145. The SMILES string of the molecule is [N-]=[N+]=NCCCCC(=O)On1c(O)ccc1O. The first-order valence-corrected chi connectivity index (χ1v) is 4.97. The van der Waals surface area contributed by atoms with Crippen LogP contribution < -0.4 is 4.84 Å². The van der Waals surface area contributed by atoms with Crippen LogP contribution in [0.15, 0.2) is 17.2 Å². The van der Waals surface area contributed by atoms with Crippen LogP contribution >= 0.6 is 0 Å². The van der Waals surface area contributed by atoms with E-state index >= 15 is 0 Å². The number of unbranched alkanes of at least 4 members (excludes halogenated alkanes) is 1. The lowest BCUT2D eigenvalue weighted by atomic mass is 10.2. The van der Waals surface area contributed by atoms with E-state index < -0.39 is 5.97 Å². The first-order valence-electron chi connectivity index (χ1n) is 4.97. The number of hydrogen-bond donors (Lipinski definition) is 2. The summed E-state index contributed by atoms with van der Waals surface area (Å²) in [5.41, 5.74) is 8.01. The number of aromatic nitrogens is 1. The van der Waals surface area contributed by atoms with Gasteiger partial charge in [-0.15, -0.1) is 4.73 Å². The van der Waals surface area contributed by atoms with Gasteiger partial charge in [-0.3, -0.25) is 0 Å². The largest absolute Gasteiger partial charge is 0.492 e. The number of nitrogens with zero attached hydrogens (tertiary/aromatic N) is 4. The van der Waals surface area contributed by atoms with Crippen LogP contribution in [-0.2, 0) is 4.79 Å². The van der Waals surface area contributed by atoms with E-state index in [4.69, 9.17) is 10.4 Å². The molecule has 0 saturated heterocycles. The van der Waals surface area contributed by atoms with Crippen molar-refractivity contribution in [2.45, 2.75) is 19.3 Å². The topological polar surface area (TPSA) is 120 Å². The van der Waals surface area contributed by atoms with Crippen molar-refractivity contribution < 1.29 is 19.8 Å². The zero-order valence-corrected chi connectivity index (χ0v) is 8.98. The van der Waals surface area contributed by atoms with E-state index in [-0.39, 0.29) is 18.2 Å². The Bertz CT molecular complexity index is 417. The van der Waals surface area contributed by atoms with E-state index in [0.29, 0.717) is 24.1 Å². The molecule has 1 aromatic heterocycles. The predicted octanol–water partition coefficient (Wildman–Crippen LogP) is 1.34. The van der Waals surface area contributed by atoms with E-state index in [0.717, 1.165) is 0 Å². The zero-order chi connectivity index (χ0) is 12.7. The van der Waals surface area contributed by atoms with Crippen LogP contribution in [0.2, 0.25) is 0 Å². The number of hydrogen-bond acceptors (Lipinski definition) is 5. The number of azide groups is 1. The first kappa shape index (κ1) is 12.7. The molecule has 0 fully saturated rings. The summed E-state index contributed by atoms with van der Waals surface area (Å²) in [7, 11) is 0. The molecule has 2 N–H and O–H groups in total. The summed E-state index contributed by atoms with van der Waals surface area (Å²) in [6.07, 6.45) is 1.18. The molecular formula is C9H12N4O4. The molecule has 92 valence electrons. The van der Waals surface area contributed by atoms with Crippen molar-refractivity contribution in [3.8, 4) is 11.8 Å². The maximum absolute atomic E-state index is 11.3. The molecular weight excluding hydrogens is 228 g/mol. The van der Waals surface area contributed by atoms with Crippen LogP contribution in [0, 0.1) is 0 Å². The van der Waals surface area contributed by atoms with Crippen LogP contribution in [0.25, 0.3) is 10.4 Å². The third kappa shape index (κ3) is 3.96. The van der Waals surface area contributed by atoms with Crippen LogP contribution in [0.1, 0.15) is 19.3 Å². The summed E-state index contributed by atoms with van der Waals surface area (Å²) in [5.74, 6) is -1.30. The Morgan fingerprint density at radius 2 is 2.06 bits per heavy atom. The monoisotopic (exact) mass is 240 g/mol. The summed E-state index contributed by atoms with van der Waals surface area (Å²) in [6, 6.07) is 2.40. The van der Waals surface area contributed by atoms with Gasteiger partial charge in [0.25, 0.3) is 0 Å². The normalized spacial score (nSPS) is 9.65. The standard InChI is InChI=1S/C9H12N4O4/c10-12-11-6-2-1-3-9(16)17-13-7(14)4-5-8(13)15/h4-5,14-15H,1-3,6H2. The lowest BCUT2D eigenvalue weighted by Crippen LogP contribution is -2.18. The highest BCUT2D eigenvalue weighted by Crippen LogP contribution is 2.18. The third-order valence-electron chi connectivity index (χ3n) is 1.94. The van der Waals surface area contributed by atoms with Crippen molar-refractivity contribution in [2.24, 2.45) is 5.11 Å². The zero-order valence-electron chi connectivity index (χ0n) is 8.98. The minimum atomic E-state index is -0.590. The van der Waals surface area contributed by atoms with Gasteiger partial charge in [-0.1, -0.05) is 5.11 Å². The predicted molar refractivity (Wildman–Crippen MR) is 57.2 cm³/mol. The summed E-state index contributed by atoms with van der Waals surface area (Å²) in [4.78, 5) is 18.6. The molecule has 0 atom stereocenters. The van der Waals surface area contributed by atoms with Crippen molar-refractivity contribution >= 4 is 5.97 Å². The van der Waals surface area contributed by atoms with Crippen molar-refractivity contribution in [1.82, 2.24) is 4.73 Å². The Kier molecular flexibility index (Phi) is 4.71. The molecule has 0 aliphatic heterocycles. The maximum atomic E-state index is 11.3. The smallest absolute Gasteiger partial charge is 0.333 e. The van der Waals surface area contributed by atoms with Crippen molar-refractivity contribution in [3.63, 3.8) is 0 Å². The van der Waals surface area contributed by atoms with E-state index in [1.807, 2.05) is 0 Å². The molecule has 0 spiro atoms. The minimum Gasteiger partial charge on any atom is -0.492 e. The van der Waals surface area contributed by atoms with Gasteiger partial charge in [0.05, 0.1) is 0 Å². The second-order valence-electron chi connectivity index (χ2n) is 3.22.